The minimum absolute atomic E-state index is 0.0170. The molecule has 0 bridgehead atoms. The smallest absolute Gasteiger partial charge is 0.423 e. The van der Waals surface area contributed by atoms with Crippen LogP contribution in [-0.4, -0.2) is 138 Å². The minimum atomic E-state index is -0.770. The number of imidazole rings is 2. The molecule has 18 nitrogen and oxygen atoms in total. The molecule has 2 unspecified atom stereocenters. The average molecular weight is 1080 g/mol. The SMILES string of the molecule is CC(C)(C)OC(=O)N1CCC(N2CCC(n3c(=O)[nH]c4ccccc43)CC2)C1.CC(C)(C)OC(=O)N1CCC(N2CCC(n3c(=O)n(C(=O)OCc4ccccc4)c4ccccc43)CC2)C1.O=C(Cl)OCc1ccccc1. The molecule has 6 heterocycles. The van der Waals surface area contributed by atoms with E-state index in [1.807, 2.05) is 154 Å². The molecule has 0 aliphatic carbocycles. The van der Waals surface area contributed by atoms with Gasteiger partial charge in [0.15, 0.2) is 0 Å². The lowest BCUT2D eigenvalue weighted by molar-refractivity contribution is 0.0264. The van der Waals surface area contributed by atoms with Gasteiger partial charge in [0.2, 0.25) is 0 Å². The maximum absolute atomic E-state index is 13.6. The number of benzene rings is 4. The van der Waals surface area contributed by atoms with Crippen molar-refractivity contribution in [3.8, 4) is 0 Å². The number of carbonyl (C=O) groups excluding carboxylic acids is 4. The standard InChI is InChI=1S/C29H36N4O5.C21H30N4O3.C8H7ClO2/c1-29(2,3)38-27(35)31-18-15-23(19-31)30-16-13-22(14-17-30)32-24-11-7-8-12-25(24)33(26(32)34)28(36)37-20-21-9-5-4-6-10-21;1-21(2,3)28-20(27)24-13-10-16(14-24)23-11-8-15(9-12-23)25-18-7-5-4-6-17(18)22-19(25)26;9-8(10)11-6-7-4-2-1-3-5-7/h4-12,22-23H,13-20H2,1-3H3;4-7,15-16H,8-14H2,1-3H3,(H,22,26);1-5H,6H2. The molecule has 0 radical (unpaired) electrons. The fraction of sp³-hybridized carbons (Fsp3) is 0.483. The van der Waals surface area contributed by atoms with Crippen molar-refractivity contribution < 1.29 is 38.1 Å². The number of rotatable bonds is 8. The number of hydrogen-bond donors (Lipinski definition) is 1. The van der Waals surface area contributed by atoms with Gasteiger partial charge in [-0.1, -0.05) is 84.9 Å². The third-order valence-electron chi connectivity index (χ3n) is 14.4. The van der Waals surface area contributed by atoms with E-state index in [4.69, 9.17) is 25.8 Å². The van der Waals surface area contributed by atoms with Crippen molar-refractivity contribution in [3.63, 3.8) is 0 Å². The Balaban J connectivity index is 0.000000175. The topological polar surface area (TPSA) is 183 Å². The Morgan fingerprint density at radius 2 is 0.922 bits per heavy atom. The van der Waals surface area contributed by atoms with Gasteiger partial charge in [-0.25, -0.2) is 28.8 Å². The number of hydrogen-bond acceptors (Lipinski definition) is 12. The largest absolute Gasteiger partial charge is 0.449 e. The zero-order chi connectivity index (χ0) is 54.9. The summed E-state index contributed by atoms with van der Waals surface area (Å²) in [7, 11) is 0. The first-order valence-electron chi connectivity index (χ1n) is 26.7. The zero-order valence-corrected chi connectivity index (χ0v) is 45.9. The average Bonchev–Trinajstić information content (AvgIpc) is 4.28. The van der Waals surface area contributed by atoms with Gasteiger partial charge in [0.1, 0.15) is 24.4 Å². The van der Waals surface area contributed by atoms with Crippen molar-refractivity contribution in [2.24, 2.45) is 0 Å². The minimum Gasteiger partial charge on any atom is -0.449 e. The fourth-order valence-electron chi connectivity index (χ4n) is 10.7. The number of nitrogens with one attached hydrogen (secondary N) is 1. The number of aromatic nitrogens is 4. The Bertz CT molecular complexity index is 3070. The van der Waals surface area contributed by atoms with E-state index >= 15 is 0 Å². The lowest BCUT2D eigenvalue weighted by Crippen LogP contribution is -2.45. The lowest BCUT2D eigenvalue weighted by atomic mass is 10.0. The predicted octanol–water partition coefficient (Wildman–Crippen LogP) is 10.2. The summed E-state index contributed by atoms with van der Waals surface area (Å²) in [5.74, 6) is 0. The second kappa shape index (κ2) is 25.1. The van der Waals surface area contributed by atoms with Crippen LogP contribution in [0, 0.1) is 0 Å². The van der Waals surface area contributed by atoms with Crippen LogP contribution in [0.25, 0.3) is 22.1 Å². The number of H-pyrrole nitrogens is 1. The number of likely N-dealkylation sites (tertiary alicyclic amines) is 4. The van der Waals surface area contributed by atoms with Gasteiger partial charge in [-0.15, -0.1) is 0 Å². The predicted molar refractivity (Wildman–Crippen MR) is 295 cm³/mol. The Kier molecular flexibility index (Phi) is 18.3. The molecule has 4 fully saturated rings. The number of halogens is 1. The molecule has 2 aromatic heterocycles. The third kappa shape index (κ3) is 14.8. The highest BCUT2D eigenvalue weighted by Crippen LogP contribution is 2.31. The van der Waals surface area contributed by atoms with Crippen molar-refractivity contribution >= 4 is 57.4 Å². The van der Waals surface area contributed by atoms with E-state index in [0.717, 1.165) is 110 Å². The molecule has 2 amide bonds. The van der Waals surface area contributed by atoms with Crippen LogP contribution in [0.2, 0.25) is 0 Å². The Hall–Kier alpha value is -6.89. The van der Waals surface area contributed by atoms with Gasteiger partial charge in [-0.3, -0.25) is 18.9 Å². The maximum atomic E-state index is 13.6. The van der Waals surface area contributed by atoms with Gasteiger partial charge in [0, 0.05) is 88.1 Å². The van der Waals surface area contributed by atoms with Gasteiger partial charge in [0.25, 0.3) is 0 Å². The summed E-state index contributed by atoms with van der Waals surface area (Å²) in [6.07, 6.45) is 4.23. The lowest BCUT2D eigenvalue weighted by Gasteiger charge is -2.36. The van der Waals surface area contributed by atoms with Crippen molar-refractivity contribution in [3.05, 3.63) is 141 Å². The molecule has 4 aliphatic heterocycles. The van der Waals surface area contributed by atoms with Crippen molar-refractivity contribution in [1.29, 1.82) is 0 Å². The number of piperidine rings is 2. The molecule has 412 valence electrons. The normalized spacial score (nSPS) is 18.8. The molecule has 4 saturated heterocycles. The Morgan fingerprint density at radius 3 is 1.40 bits per heavy atom. The van der Waals surface area contributed by atoms with Crippen LogP contribution in [-0.2, 0) is 32.2 Å². The van der Waals surface area contributed by atoms with Gasteiger partial charge in [-0.2, -0.15) is 4.57 Å². The molecule has 10 rings (SSSR count). The van der Waals surface area contributed by atoms with E-state index in [2.05, 4.69) is 19.5 Å². The van der Waals surface area contributed by atoms with Crippen LogP contribution in [0.5, 0.6) is 0 Å². The highest BCUT2D eigenvalue weighted by Gasteiger charge is 2.37. The van der Waals surface area contributed by atoms with Crippen LogP contribution in [0.15, 0.2) is 119 Å². The summed E-state index contributed by atoms with van der Waals surface area (Å²) in [6.45, 7) is 18.0. The van der Waals surface area contributed by atoms with Crippen LogP contribution in [0.4, 0.5) is 19.2 Å². The second-order valence-electron chi connectivity index (χ2n) is 22.1. The van der Waals surface area contributed by atoms with Crippen molar-refractivity contribution in [1.82, 2.24) is 38.3 Å². The molecular weight excluding hydrogens is 1000 g/mol. The molecule has 4 aliphatic rings. The van der Waals surface area contributed by atoms with Gasteiger partial charge in [0.05, 0.1) is 22.1 Å². The Labute approximate surface area is 454 Å². The molecule has 4 aromatic carbocycles. The molecular formula is C58H73ClN8O10. The summed E-state index contributed by atoms with van der Waals surface area (Å²) in [5.41, 5.74) is 2.87. The number of para-hydroxylation sites is 4. The molecule has 2 atom stereocenters. The van der Waals surface area contributed by atoms with E-state index in [0.29, 0.717) is 24.6 Å². The van der Waals surface area contributed by atoms with Crippen LogP contribution < -0.4 is 11.4 Å². The van der Waals surface area contributed by atoms with Crippen molar-refractivity contribution in [2.75, 3.05) is 52.4 Å². The molecule has 6 aromatic rings. The summed E-state index contributed by atoms with van der Waals surface area (Å²) in [5, 5.41) is 0. The highest BCUT2D eigenvalue weighted by molar-refractivity contribution is 6.61. The first-order chi connectivity index (χ1) is 36.8. The molecule has 77 heavy (non-hydrogen) atoms. The van der Waals surface area contributed by atoms with Gasteiger partial charge < -0.3 is 33.7 Å². The van der Waals surface area contributed by atoms with Gasteiger partial charge >= 0.3 is 35.1 Å². The molecule has 1 N–H and O–H groups in total. The molecule has 19 heteroatoms. The molecule has 0 spiro atoms. The number of aromatic amines is 1. The van der Waals surface area contributed by atoms with E-state index in [-0.39, 0.29) is 54.9 Å². The third-order valence-corrected chi connectivity index (χ3v) is 14.5. The number of nitrogens with zero attached hydrogens (tertiary/aromatic N) is 7. The van der Waals surface area contributed by atoms with E-state index < -0.39 is 22.7 Å². The van der Waals surface area contributed by atoms with Crippen LogP contribution in [0.1, 0.15) is 103 Å². The highest BCUT2D eigenvalue weighted by atomic mass is 35.5. The first-order valence-corrected chi connectivity index (χ1v) is 27.1. The quantitative estimate of drug-likeness (QED) is 0.113. The second-order valence-corrected chi connectivity index (χ2v) is 22.4. The van der Waals surface area contributed by atoms with Crippen LogP contribution in [0.3, 0.4) is 0 Å². The number of carbonyl (C=O) groups is 4. The Morgan fingerprint density at radius 1 is 0.506 bits per heavy atom. The summed E-state index contributed by atoms with van der Waals surface area (Å²) < 4.78 is 25.9. The van der Waals surface area contributed by atoms with Crippen molar-refractivity contribution in [2.45, 2.75) is 129 Å². The number of ether oxygens (including phenoxy) is 4. The van der Waals surface area contributed by atoms with E-state index in [1.54, 1.807) is 15.5 Å². The summed E-state index contributed by atoms with van der Waals surface area (Å²) in [4.78, 5) is 85.4. The van der Waals surface area contributed by atoms with Crippen LogP contribution >= 0.6 is 11.6 Å². The van der Waals surface area contributed by atoms with Gasteiger partial charge in [-0.05, 0) is 115 Å². The monoisotopic (exact) mass is 1080 g/mol. The zero-order valence-electron chi connectivity index (χ0n) is 45.1. The van der Waals surface area contributed by atoms with E-state index in [1.165, 1.54) is 0 Å². The summed E-state index contributed by atoms with van der Waals surface area (Å²) >= 11 is 4.97. The fourth-order valence-corrected chi connectivity index (χ4v) is 10.8. The van der Waals surface area contributed by atoms with E-state index in [9.17, 15) is 28.8 Å². The maximum Gasteiger partial charge on any atom is 0.423 e. The summed E-state index contributed by atoms with van der Waals surface area (Å²) in [6, 6.07) is 34.9. The number of fused-ring (bicyclic) bond motifs is 2. The number of amides is 2. The molecule has 0 saturated carbocycles. The first kappa shape index (κ1) is 56.3.